The third-order valence-electron chi connectivity index (χ3n) is 6.05. The Hall–Kier alpha value is -4.64. The summed E-state index contributed by atoms with van der Waals surface area (Å²) in [5.74, 6) is -2.53. The van der Waals surface area contributed by atoms with E-state index < -0.39 is 29.5 Å². The molecule has 3 aromatic rings. The van der Waals surface area contributed by atoms with E-state index in [-0.39, 0.29) is 39.3 Å². The van der Waals surface area contributed by atoms with E-state index in [9.17, 15) is 24.6 Å². The van der Waals surface area contributed by atoms with Gasteiger partial charge in [-0.15, -0.1) is 0 Å². The number of phenolic OH excluding ortho intramolecular Hbond substituents is 1. The number of phenols is 1. The fourth-order valence-corrected chi connectivity index (χ4v) is 5.18. The molecule has 40 heavy (non-hydrogen) atoms. The van der Waals surface area contributed by atoms with Crippen molar-refractivity contribution in [3.63, 3.8) is 0 Å². The van der Waals surface area contributed by atoms with Crippen LogP contribution >= 0.6 is 11.3 Å². The van der Waals surface area contributed by atoms with Gasteiger partial charge in [0, 0.05) is 5.56 Å². The average Bonchev–Trinajstić information content (AvgIpc) is 3.46. The largest absolute Gasteiger partial charge is 0.507 e. The van der Waals surface area contributed by atoms with Gasteiger partial charge in [0.1, 0.15) is 23.0 Å². The number of hydrogen-bond donors (Lipinski definition) is 2. The highest BCUT2D eigenvalue weighted by Gasteiger charge is 2.48. The molecular weight excluding hydrogens is 536 g/mol. The zero-order valence-electron chi connectivity index (χ0n) is 22.2. The van der Waals surface area contributed by atoms with Crippen molar-refractivity contribution in [2.45, 2.75) is 26.3 Å². The van der Waals surface area contributed by atoms with Gasteiger partial charge in [0.05, 0.1) is 31.0 Å². The fraction of sp³-hybridized carbons (Fsp3) is 0.241. The maximum Gasteiger partial charge on any atom is 0.350 e. The van der Waals surface area contributed by atoms with Crippen LogP contribution in [0.15, 0.2) is 60.7 Å². The lowest BCUT2D eigenvalue weighted by molar-refractivity contribution is -0.132. The Morgan fingerprint density at radius 2 is 2.00 bits per heavy atom. The number of anilines is 1. The number of amides is 1. The Kier molecular flexibility index (Phi) is 8.54. The van der Waals surface area contributed by atoms with E-state index in [0.717, 1.165) is 22.7 Å². The first-order valence-electron chi connectivity index (χ1n) is 12.4. The number of aryl methyl sites for hydroxylation is 1. The first-order chi connectivity index (χ1) is 19.2. The lowest BCUT2D eigenvalue weighted by Gasteiger charge is -2.23. The summed E-state index contributed by atoms with van der Waals surface area (Å²) in [6.07, 6.45) is 2.20. The van der Waals surface area contributed by atoms with Crippen LogP contribution in [0.5, 0.6) is 17.2 Å². The topological polar surface area (TPSA) is 135 Å². The van der Waals surface area contributed by atoms with Crippen molar-refractivity contribution in [1.29, 1.82) is 0 Å². The zero-order chi connectivity index (χ0) is 29.0. The quantitative estimate of drug-likeness (QED) is 0.116. The molecular formula is C29H28N2O8S. The normalized spacial score (nSPS) is 16.2. The molecule has 208 valence electrons. The van der Waals surface area contributed by atoms with Crippen molar-refractivity contribution in [2.24, 2.45) is 0 Å². The van der Waals surface area contributed by atoms with Crippen molar-refractivity contribution in [3.8, 4) is 17.2 Å². The second-order valence-electron chi connectivity index (χ2n) is 8.77. The smallest absolute Gasteiger partial charge is 0.350 e. The van der Waals surface area contributed by atoms with Crippen LogP contribution in [0.2, 0.25) is 0 Å². The molecule has 2 heterocycles. The Balaban J connectivity index is 1.89. The van der Waals surface area contributed by atoms with Gasteiger partial charge in [-0.05, 0) is 43.2 Å². The number of ether oxygens (including phenoxy) is 3. The van der Waals surface area contributed by atoms with E-state index in [2.05, 4.69) is 11.6 Å². The van der Waals surface area contributed by atoms with E-state index in [1.54, 1.807) is 31.2 Å². The molecule has 1 aliphatic heterocycles. The lowest BCUT2D eigenvalue weighted by Crippen LogP contribution is -2.29. The van der Waals surface area contributed by atoms with E-state index in [1.165, 1.54) is 31.4 Å². The lowest BCUT2D eigenvalue weighted by atomic mass is 9.95. The molecule has 11 heteroatoms. The molecule has 0 aliphatic carbocycles. The predicted molar refractivity (Wildman–Crippen MR) is 149 cm³/mol. The number of hydrogen-bond acceptors (Lipinski definition) is 10. The van der Waals surface area contributed by atoms with Crippen LogP contribution in [0, 0.1) is 6.92 Å². The molecule has 1 amide bonds. The number of Topliss-reactive ketones (excluding diaryl/α,β-unsaturated/α-hetero) is 1. The summed E-state index contributed by atoms with van der Waals surface area (Å²) < 4.78 is 16.1. The number of thiazole rings is 1. The highest BCUT2D eigenvalue weighted by atomic mass is 32.1. The van der Waals surface area contributed by atoms with Crippen LogP contribution in [0.4, 0.5) is 5.13 Å². The summed E-state index contributed by atoms with van der Waals surface area (Å²) in [6.45, 7) is 7.52. The van der Waals surface area contributed by atoms with Gasteiger partial charge in [0.2, 0.25) is 0 Å². The van der Waals surface area contributed by atoms with Crippen LogP contribution in [-0.2, 0) is 14.3 Å². The molecule has 1 aliphatic rings. The molecule has 1 saturated heterocycles. The molecule has 4 rings (SSSR count). The van der Waals surface area contributed by atoms with Gasteiger partial charge < -0.3 is 24.4 Å². The number of carbonyl (C=O) groups is 3. The summed E-state index contributed by atoms with van der Waals surface area (Å²) >= 11 is 0.882. The fourth-order valence-electron chi connectivity index (χ4n) is 4.19. The summed E-state index contributed by atoms with van der Waals surface area (Å²) in [5, 5.41) is 21.7. The molecule has 0 radical (unpaired) electrons. The van der Waals surface area contributed by atoms with E-state index in [1.807, 2.05) is 6.92 Å². The Morgan fingerprint density at radius 1 is 1.23 bits per heavy atom. The van der Waals surface area contributed by atoms with Crippen molar-refractivity contribution >= 4 is 39.9 Å². The molecule has 2 N–H and O–H groups in total. The minimum Gasteiger partial charge on any atom is -0.507 e. The van der Waals surface area contributed by atoms with Crippen molar-refractivity contribution in [3.05, 3.63) is 82.4 Å². The molecule has 10 nitrogen and oxygen atoms in total. The van der Waals surface area contributed by atoms with Gasteiger partial charge in [0.15, 0.2) is 16.6 Å². The summed E-state index contributed by atoms with van der Waals surface area (Å²) in [6, 6.07) is 9.74. The van der Waals surface area contributed by atoms with Gasteiger partial charge >= 0.3 is 11.9 Å². The molecule has 1 fully saturated rings. The summed E-state index contributed by atoms with van der Waals surface area (Å²) in [5.41, 5.74) is 0.733. The van der Waals surface area contributed by atoms with Gasteiger partial charge in [-0.1, -0.05) is 49.1 Å². The average molecular weight is 565 g/mol. The molecule has 1 aromatic heterocycles. The number of aliphatic hydroxyl groups excluding tert-OH is 1. The van der Waals surface area contributed by atoms with Crippen molar-refractivity contribution < 1.29 is 38.8 Å². The summed E-state index contributed by atoms with van der Waals surface area (Å²) in [7, 11) is 1.36. The number of aromatic hydroxyl groups is 1. The van der Waals surface area contributed by atoms with Gasteiger partial charge in [-0.25, -0.2) is 9.78 Å². The van der Waals surface area contributed by atoms with Crippen molar-refractivity contribution in [2.75, 3.05) is 25.2 Å². The van der Waals surface area contributed by atoms with Crippen LogP contribution in [-0.4, -0.2) is 53.2 Å². The van der Waals surface area contributed by atoms with Crippen LogP contribution < -0.4 is 14.4 Å². The first kappa shape index (κ1) is 28.4. The van der Waals surface area contributed by atoms with Gasteiger partial charge in [-0.3, -0.25) is 14.5 Å². The Morgan fingerprint density at radius 3 is 2.70 bits per heavy atom. The van der Waals surface area contributed by atoms with E-state index >= 15 is 0 Å². The maximum atomic E-state index is 13.5. The number of esters is 1. The van der Waals surface area contributed by atoms with E-state index in [4.69, 9.17) is 14.2 Å². The standard InChI is InChI=1S/C29H28N2O8S/c1-5-12-38-19-9-7-8-18(14-19)24(33)22-23(17-10-11-20(32)21(15-17)37-4)31(27(35)25(22)34)29-30-16(3)26(40-29)28(36)39-13-6-2/h6-11,14-15,23,32-33H,2,5,12-13H2,1,3-4H3. The second-order valence-corrected chi connectivity index (χ2v) is 9.75. The van der Waals surface area contributed by atoms with E-state index in [0.29, 0.717) is 23.6 Å². The van der Waals surface area contributed by atoms with Crippen LogP contribution in [0.3, 0.4) is 0 Å². The Labute approximate surface area is 234 Å². The third-order valence-corrected chi connectivity index (χ3v) is 7.19. The minimum atomic E-state index is -1.16. The maximum absolute atomic E-state index is 13.5. The Bertz CT molecular complexity index is 1510. The molecule has 2 aromatic carbocycles. The van der Waals surface area contributed by atoms with Crippen molar-refractivity contribution in [1.82, 2.24) is 4.98 Å². The van der Waals surface area contributed by atoms with Gasteiger partial charge in [-0.2, -0.15) is 0 Å². The molecule has 0 spiro atoms. The number of ketones is 1. The third kappa shape index (κ3) is 5.41. The molecule has 0 bridgehead atoms. The zero-order valence-corrected chi connectivity index (χ0v) is 23.0. The monoisotopic (exact) mass is 564 g/mol. The molecule has 1 unspecified atom stereocenters. The number of rotatable bonds is 10. The SMILES string of the molecule is C=CCOC(=O)c1sc(N2C(=O)C(=O)C(=C(O)c3cccc(OCCC)c3)C2c2ccc(O)c(OC)c2)nc1C. The first-order valence-corrected chi connectivity index (χ1v) is 13.2. The minimum absolute atomic E-state index is 0.00957. The second kappa shape index (κ2) is 12.0. The number of aromatic nitrogens is 1. The number of benzene rings is 2. The number of carbonyl (C=O) groups excluding carboxylic acids is 3. The number of methoxy groups -OCH3 is 1. The van der Waals surface area contributed by atoms with Crippen LogP contribution in [0.25, 0.3) is 5.76 Å². The summed E-state index contributed by atoms with van der Waals surface area (Å²) in [4.78, 5) is 45.2. The van der Waals surface area contributed by atoms with Crippen LogP contribution in [0.1, 0.15) is 45.9 Å². The highest BCUT2D eigenvalue weighted by Crippen LogP contribution is 2.45. The predicted octanol–water partition coefficient (Wildman–Crippen LogP) is 4.92. The number of aliphatic hydroxyl groups is 1. The highest BCUT2D eigenvalue weighted by molar-refractivity contribution is 7.17. The van der Waals surface area contributed by atoms with Gasteiger partial charge in [0.25, 0.3) is 5.78 Å². The number of nitrogens with zero attached hydrogens (tertiary/aromatic N) is 2. The molecule has 0 saturated carbocycles. The molecule has 1 atom stereocenters.